The van der Waals surface area contributed by atoms with Crippen LogP contribution in [-0.4, -0.2) is 52.1 Å². The standard InChI is InChI=1S/C9H3F12N3OS/c10-2(11)5(12,13)7(16,17)9(20,21)8(18,19)6(14,15)3(25)23-4-24-22-1-26-4/h1-2H,(H,23,24,25). The monoisotopic (exact) mass is 429 g/mol. The highest BCUT2D eigenvalue weighted by atomic mass is 32.1. The van der Waals surface area contributed by atoms with E-state index >= 15 is 0 Å². The minimum atomic E-state index is -7.76. The Labute approximate surface area is 138 Å². The number of nitrogens with zero attached hydrogens (tertiary/aromatic N) is 2. The van der Waals surface area contributed by atoms with Crippen molar-refractivity contribution in [1.29, 1.82) is 0 Å². The number of hydrogen-bond acceptors (Lipinski definition) is 4. The topological polar surface area (TPSA) is 54.9 Å². The molecule has 0 saturated heterocycles. The largest absolute Gasteiger partial charge is 0.393 e. The van der Waals surface area contributed by atoms with E-state index in [2.05, 4.69) is 10.2 Å². The van der Waals surface area contributed by atoms with E-state index < -0.39 is 47.1 Å². The Morgan fingerprint density at radius 2 is 1.42 bits per heavy atom. The Hall–Kier alpha value is -1.81. The van der Waals surface area contributed by atoms with Crippen molar-refractivity contribution in [3.8, 4) is 0 Å². The first-order chi connectivity index (χ1) is 11.4. The molecule has 0 aliphatic heterocycles. The van der Waals surface area contributed by atoms with Crippen LogP contribution in [0.2, 0.25) is 0 Å². The summed E-state index contributed by atoms with van der Waals surface area (Å²) in [6, 6.07) is 0. The van der Waals surface area contributed by atoms with Crippen LogP contribution in [0.25, 0.3) is 0 Å². The smallest absolute Gasteiger partial charge is 0.295 e. The number of amides is 1. The van der Waals surface area contributed by atoms with Gasteiger partial charge in [0, 0.05) is 0 Å². The Balaban J connectivity index is 3.33. The lowest BCUT2D eigenvalue weighted by Crippen LogP contribution is -2.70. The number of rotatable bonds is 7. The van der Waals surface area contributed by atoms with Crippen LogP contribution in [0, 0.1) is 0 Å². The Kier molecular flexibility index (Phi) is 5.49. The third-order valence-electron chi connectivity index (χ3n) is 2.74. The van der Waals surface area contributed by atoms with Crippen molar-refractivity contribution in [2.75, 3.05) is 5.32 Å². The molecule has 0 saturated carbocycles. The minimum Gasteiger partial charge on any atom is -0.295 e. The summed E-state index contributed by atoms with van der Waals surface area (Å²) < 4.78 is 154. The normalized spacial score (nSPS) is 14.7. The third-order valence-corrected chi connectivity index (χ3v) is 3.35. The van der Waals surface area contributed by atoms with Crippen LogP contribution in [-0.2, 0) is 4.79 Å². The summed E-state index contributed by atoms with van der Waals surface area (Å²) in [6.45, 7) is 0. The summed E-state index contributed by atoms with van der Waals surface area (Å²) in [7, 11) is 0. The highest BCUT2D eigenvalue weighted by molar-refractivity contribution is 7.13. The molecule has 1 heterocycles. The summed E-state index contributed by atoms with van der Waals surface area (Å²) in [6.07, 6.45) is -5.61. The fourth-order valence-electron chi connectivity index (χ4n) is 1.29. The van der Waals surface area contributed by atoms with E-state index in [0.717, 1.165) is 10.8 Å². The maximum atomic E-state index is 13.4. The molecule has 0 aromatic carbocycles. The van der Waals surface area contributed by atoms with Crippen molar-refractivity contribution in [3.05, 3.63) is 5.51 Å². The van der Waals surface area contributed by atoms with Gasteiger partial charge in [0.25, 0.3) is 0 Å². The van der Waals surface area contributed by atoms with Crippen molar-refractivity contribution in [3.63, 3.8) is 0 Å². The lowest BCUT2D eigenvalue weighted by atomic mass is 9.94. The molecule has 0 fully saturated rings. The van der Waals surface area contributed by atoms with Crippen molar-refractivity contribution < 1.29 is 57.5 Å². The molecular formula is C9H3F12N3OS. The van der Waals surface area contributed by atoms with Crippen LogP contribution in [0.5, 0.6) is 0 Å². The molecular weight excluding hydrogens is 426 g/mol. The predicted octanol–water partition coefficient (Wildman–Crippen LogP) is 3.92. The van der Waals surface area contributed by atoms with Crippen LogP contribution in [0.15, 0.2) is 5.51 Å². The van der Waals surface area contributed by atoms with Gasteiger partial charge in [-0.3, -0.25) is 10.1 Å². The van der Waals surface area contributed by atoms with Gasteiger partial charge >= 0.3 is 41.9 Å². The van der Waals surface area contributed by atoms with Gasteiger partial charge in [0.15, 0.2) is 0 Å². The van der Waals surface area contributed by atoms with Gasteiger partial charge in [0.05, 0.1) is 0 Å². The molecule has 1 rings (SSSR count). The number of nitrogens with one attached hydrogen (secondary N) is 1. The van der Waals surface area contributed by atoms with Crippen molar-refractivity contribution in [2.24, 2.45) is 0 Å². The van der Waals surface area contributed by atoms with Crippen LogP contribution in [0.3, 0.4) is 0 Å². The van der Waals surface area contributed by atoms with Gasteiger partial charge in [0.1, 0.15) is 5.51 Å². The van der Waals surface area contributed by atoms with Crippen LogP contribution >= 0.6 is 11.3 Å². The first-order valence-electron chi connectivity index (χ1n) is 5.69. The number of hydrogen-bond donors (Lipinski definition) is 1. The van der Waals surface area contributed by atoms with Gasteiger partial charge in [0.2, 0.25) is 5.13 Å². The average molecular weight is 429 g/mol. The SMILES string of the molecule is O=C(Nc1nncs1)C(F)(F)C(F)(F)C(F)(F)C(F)(F)C(F)(F)C(F)F. The molecule has 1 aromatic heterocycles. The molecule has 0 spiro atoms. The zero-order chi connectivity index (χ0) is 20.8. The fraction of sp³-hybridized carbons (Fsp3) is 0.667. The van der Waals surface area contributed by atoms with Gasteiger partial charge < -0.3 is 0 Å². The van der Waals surface area contributed by atoms with Crippen LogP contribution in [0.1, 0.15) is 0 Å². The van der Waals surface area contributed by atoms with E-state index in [0.29, 0.717) is 0 Å². The Morgan fingerprint density at radius 1 is 0.923 bits per heavy atom. The quantitative estimate of drug-likeness (QED) is 0.669. The maximum absolute atomic E-state index is 13.4. The number of halogens is 12. The number of carbonyl (C=O) groups is 1. The maximum Gasteiger partial charge on any atom is 0.393 e. The molecule has 0 bridgehead atoms. The van der Waals surface area contributed by atoms with Crippen molar-refractivity contribution >= 4 is 22.4 Å². The molecule has 4 nitrogen and oxygen atoms in total. The molecule has 1 aromatic rings. The average Bonchev–Trinajstić information content (AvgIpc) is 2.98. The molecule has 0 radical (unpaired) electrons. The summed E-state index contributed by atoms with van der Waals surface area (Å²) in [5, 5.41) is 5.61. The van der Waals surface area contributed by atoms with Gasteiger partial charge in [-0.2, -0.15) is 43.9 Å². The van der Waals surface area contributed by atoms with Gasteiger partial charge in [-0.05, 0) is 0 Å². The fourth-order valence-corrected chi connectivity index (χ4v) is 1.73. The molecule has 1 N–H and O–H groups in total. The zero-order valence-electron chi connectivity index (χ0n) is 11.4. The second-order valence-corrected chi connectivity index (χ2v) is 5.25. The summed E-state index contributed by atoms with van der Waals surface area (Å²) in [5.41, 5.74) is 0.748. The lowest BCUT2D eigenvalue weighted by molar-refractivity contribution is -0.406. The van der Waals surface area contributed by atoms with Crippen LogP contribution < -0.4 is 5.32 Å². The van der Waals surface area contributed by atoms with Gasteiger partial charge in [-0.25, -0.2) is 8.78 Å². The van der Waals surface area contributed by atoms with E-state index in [1.807, 2.05) is 0 Å². The minimum absolute atomic E-state index is 0.212. The van der Waals surface area contributed by atoms with Crippen molar-refractivity contribution in [2.45, 2.75) is 36.0 Å². The van der Waals surface area contributed by atoms with E-state index in [1.165, 1.54) is 0 Å². The molecule has 17 heteroatoms. The second-order valence-electron chi connectivity index (χ2n) is 4.42. The van der Waals surface area contributed by atoms with Crippen molar-refractivity contribution in [1.82, 2.24) is 10.2 Å². The van der Waals surface area contributed by atoms with E-state index in [-0.39, 0.29) is 11.3 Å². The van der Waals surface area contributed by atoms with Gasteiger partial charge in [-0.15, -0.1) is 10.2 Å². The number of aromatic nitrogens is 2. The highest BCUT2D eigenvalue weighted by Crippen LogP contribution is 2.58. The Morgan fingerprint density at radius 3 is 1.81 bits per heavy atom. The number of carbonyl (C=O) groups excluding carboxylic acids is 1. The molecule has 1 amide bonds. The Bertz CT molecular complexity index is 646. The third kappa shape index (κ3) is 3.05. The van der Waals surface area contributed by atoms with E-state index in [4.69, 9.17) is 0 Å². The predicted molar refractivity (Wildman–Crippen MR) is 59.3 cm³/mol. The molecule has 0 unspecified atom stereocenters. The summed E-state index contributed by atoms with van der Waals surface area (Å²) in [5.74, 6) is -40.1. The second kappa shape index (κ2) is 6.41. The van der Waals surface area contributed by atoms with E-state index in [9.17, 15) is 57.5 Å². The zero-order valence-corrected chi connectivity index (χ0v) is 12.2. The van der Waals surface area contributed by atoms with Gasteiger partial charge in [-0.1, -0.05) is 11.3 Å². The molecule has 26 heavy (non-hydrogen) atoms. The first kappa shape index (κ1) is 22.2. The molecule has 0 aliphatic rings. The molecule has 0 aliphatic carbocycles. The number of anilines is 1. The summed E-state index contributed by atoms with van der Waals surface area (Å²) in [4.78, 5) is 11.0. The molecule has 0 atom stereocenters. The number of alkyl halides is 12. The summed E-state index contributed by atoms with van der Waals surface area (Å²) >= 11 is 0.212. The first-order valence-corrected chi connectivity index (χ1v) is 6.57. The van der Waals surface area contributed by atoms with Crippen LogP contribution in [0.4, 0.5) is 57.8 Å². The van der Waals surface area contributed by atoms with E-state index in [1.54, 1.807) is 0 Å². The highest BCUT2D eigenvalue weighted by Gasteiger charge is 2.89. The lowest BCUT2D eigenvalue weighted by Gasteiger charge is -2.38. The molecule has 150 valence electrons.